The largest absolute Gasteiger partial charge is 0.349 e. The number of anilines is 1. The third kappa shape index (κ3) is 2.84. The molecule has 1 N–H and O–H groups in total. The maximum absolute atomic E-state index is 12.0. The molecule has 122 valence electrons. The fourth-order valence-electron chi connectivity index (χ4n) is 2.63. The Hall–Kier alpha value is -2.64. The van der Waals surface area contributed by atoms with Gasteiger partial charge in [0.1, 0.15) is 0 Å². The zero-order valence-electron chi connectivity index (χ0n) is 13.7. The fraction of sp³-hybridized carbons (Fsp3) is 0.467. The number of tetrazole rings is 1. The summed E-state index contributed by atoms with van der Waals surface area (Å²) in [6.07, 6.45) is 2.13. The summed E-state index contributed by atoms with van der Waals surface area (Å²) in [5, 5.41) is 15.0. The number of hydrogen-bond donors (Lipinski definition) is 1. The van der Waals surface area contributed by atoms with Crippen LogP contribution in [0.4, 0.5) is 5.95 Å². The highest BCUT2D eigenvalue weighted by molar-refractivity contribution is 5.76. The molecule has 1 aromatic carbocycles. The zero-order chi connectivity index (χ0) is 16.4. The average Bonchev–Trinajstić information content (AvgIpc) is 3.10. The Kier molecular flexibility index (Phi) is 4.14. The first-order valence-corrected chi connectivity index (χ1v) is 7.76. The first-order chi connectivity index (χ1) is 11.1. The highest BCUT2D eigenvalue weighted by Crippen LogP contribution is 2.15. The van der Waals surface area contributed by atoms with Crippen LogP contribution in [0.1, 0.15) is 25.3 Å². The predicted octanol–water partition coefficient (Wildman–Crippen LogP) is 1.28. The van der Waals surface area contributed by atoms with Crippen molar-refractivity contribution in [2.24, 2.45) is 14.1 Å². The number of hydrogen-bond acceptors (Lipinski definition) is 5. The van der Waals surface area contributed by atoms with Crippen LogP contribution in [0, 0.1) is 0 Å². The molecule has 0 saturated carbocycles. The topological polar surface area (TPSA) is 82.6 Å². The Morgan fingerprint density at radius 2 is 1.96 bits per heavy atom. The molecule has 0 atom stereocenters. The molecule has 23 heavy (non-hydrogen) atoms. The summed E-state index contributed by atoms with van der Waals surface area (Å²) in [6.45, 7) is 3.54. The van der Waals surface area contributed by atoms with Crippen LogP contribution in [0.3, 0.4) is 0 Å². The summed E-state index contributed by atoms with van der Waals surface area (Å²) < 4.78 is 5.09. The van der Waals surface area contributed by atoms with Crippen LogP contribution < -0.4 is 11.0 Å². The van der Waals surface area contributed by atoms with E-state index in [-0.39, 0.29) is 5.69 Å². The van der Waals surface area contributed by atoms with Crippen molar-refractivity contribution in [2.75, 3.05) is 5.32 Å². The van der Waals surface area contributed by atoms with E-state index in [1.165, 1.54) is 0 Å². The van der Waals surface area contributed by atoms with E-state index in [1.807, 2.05) is 18.2 Å². The van der Waals surface area contributed by atoms with Gasteiger partial charge < -0.3 is 5.32 Å². The van der Waals surface area contributed by atoms with E-state index in [1.54, 1.807) is 27.9 Å². The number of imidazole rings is 1. The maximum Gasteiger partial charge on any atom is 0.328 e. The van der Waals surface area contributed by atoms with Gasteiger partial charge in [-0.1, -0.05) is 24.5 Å². The van der Waals surface area contributed by atoms with E-state index in [9.17, 15) is 4.79 Å². The highest BCUT2D eigenvalue weighted by Gasteiger charge is 2.09. The minimum atomic E-state index is -0.0198. The van der Waals surface area contributed by atoms with E-state index in [2.05, 4.69) is 27.8 Å². The number of aromatic nitrogens is 6. The molecule has 0 saturated heterocycles. The summed E-state index contributed by atoms with van der Waals surface area (Å²) >= 11 is 0. The molecule has 8 heteroatoms. The lowest BCUT2D eigenvalue weighted by Gasteiger charge is -2.07. The molecule has 0 bridgehead atoms. The molecule has 0 aliphatic heterocycles. The predicted molar refractivity (Wildman–Crippen MR) is 88.2 cm³/mol. The van der Waals surface area contributed by atoms with Gasteiger partial charge in [-0.2, -0.15) is 0 Å². The first-order valence-electron chi connectivity index (χ1n) is 7.76. The van der Waals surface area contributed by atoms with Crippen molar-refractivity contribution in [2.45, 2.75) is 32.9 Å². The number of rotatable bonds is 6. The average molecular weight is 315 g/mol. The van der Waals surface area contributed by atoms with E-state index in [4.69, 9.17) is 0 Å². The lowest BCUT2D eigenvalue weighted by Crippen LogP contribution is -2.19. The monoisotopic (exact) mass is 315 g/mol. The van der Waals surface area contributed by atoms with Crippen LogP contribution in [0.5, 0.6) is 0 Å². The van der Waals surface area contributed by atoms with E-state index < -0.39 is 0 Å². The zero-order valence-corrected chi connectivity index (χ0v) is 13.7. The first kappa shape index (κ1) is 15.3. The molecular formula is C15H21N7O. The number of aryl methyl sites for hydroxylation is 3. The van der Waals surface area contributed by atoms with E-state index in [0.29, 0.717) is 12.5 Å². The quantitative estimate of drug-likeness (QED) is 0.741. The van der Waals surface area contributed by atoms with Gasteiger partial charge in [0, 0.05) is 27.2 Å². The van der Waals surface area contributed by atoms with Gasteiger partial charge in [-0.25, -0.2) is 9.48 Å². The molecular weight excluding hydrogens is 294 g/mol. The molecule has 0 amide bonds. The van der Waals surface area contributed by atoms with Crippen molar-refractivity contribution in [1.82, 2.24) is 29.3 Å². The highest BCUT2D eigenvalue weighted by atomic mass is 16.1. The van der Waals surface area contributed by atoms with Gasteiger partial charge in [-0.15, -0.1) is 0 Å². The SMILES string of the molecule is CCCCn1nnnc1NCc1ccc2c(c1)n(C)c(=O)n2C. The molecule has 2 heterocycles. The minimum Gasteiger partial charge on any atom is -0.349 e. The lowest BCUT2D eigenvalue weighted by atomic mass is 10.2. The number of nitrogens with zero attached hydrogens (tertiary/aromatic N) is 6. The Labute approximate surface area is 133 Å². The number of nitrogens with one attached hydrogen (secondary N) is 1. The van der Waals surface area contributed by atoms with Crippen molar-refractivity contribution in [3.05, 3.63) is 34.2 Å². The molecule has 3 rings (SSSR count). The van der Waals surface area contributed by atoms with Gasteiger partial charge in [0.25, 0.3) is 0 Å². The minimum absolute atomic E-state index is 0.0198. The summed E-state index contributed by atoms with van der Waals surface area (Å²) in [5.41, 5.74) is 2.90. The summed E-state index contributed by atoms with van der Waals surface area (Å²) in [5.74, 6) is 0.667. The molecule has 0 radical (unpaired) electrons. The second-order valence-corrected chi connectivity index (χ2v) is 5.66. The van der Waals surface area contributed by atoms with E-state index in [0.717, 1.165) is 36.0 Å². The fourth-order valence-corrected chi connectivity index (χ4v) is 2.63. The Bertz CT molecular complexity index is 874. The van der Waals surface area contributed by atoms with Gasteiger partial charge in [-0.3, -0.25) is 9.13 Å². The molecule has 3 aromatic rings. The summed E-state index contributed by atoms with van der Waals surface area (Å²) in [6, 6.07) is 5.99. The van der Waals surface area contributed by atoms with Gasteiger partial charge in [-0.05, 0) is 34.5 Å². The van der Waals surface area contributed by atoms with Gasteiger partial charge in [0.2, 0.25) is 5.95 Å². The second-order valence-electron chi connectivity index (χ2n) is 5.66. The normalized spacial score (nSPS) is 11.3. The van der Waals surface area contributed by atoms with Gasteiger partial charge in [0.15, 0.2) is 0 Å². The van der Waals surface area contributed by atoms with Crippen molar-refractivity contribution in [1.29, 1.82) is 0 Å². The summed E-state index contributed by atoms with van der Waals surface area (Å²) in [7, 11) is 3.57. The lowest BCUT2D eigenvalue weighted by molar-refractivity contribution is 0.556. The van der Waals surface area contributed by atoms with E-state index >= 15 is 0 Å². The number of unbranched alkanes of at least 4 members (excludes halogenated alkanes) is 1. The molecule has 8 nitrogen and oxygen atoms in total. The standard InChI is InChI=1S/C15H21N7O/c1-4-5-8-22-14(17-18-19-22)16-10-11-6-7-12-13(9-11)21(3)15(23)20(12)2/h6-7,9H,4-5,8,10H2,1-3H3,(H,16,17,19). The third-order valence-corrected chi connectivity index (χ3v) is 4.04. The molecule has 2 aromatic heterocycles. The Morgan fingerprint density at radius 1 is 1.17 bits per heavy atom. The van der Waals surface area contributed by atoms with Crippen molar-refractivity contribution in [3.63, 3.8) is 0 Å². The van der Waals surface area contributed by atoms with Crippen molar-refractivity contribution < 1.29 is 0 Å². The van der Waals surface area contributed by atoms with Gasteiger partial charge >= 0.3 is 5.69 Å². The molecule has 0 spiro atoms. The van der Waals surface area contributed by atoms with Crippen molar-refractivity contribution >= 4 is 17.0 Å². The number of benzene rings is 1. The van der Waals surface area contributed by atoms with Crippen LogP contribution in [0.15, 0.2) is 23.0 Å². The van der Waals surface area contributed by atoms with Crippen LogP contribution in [0.2, 0.25) is 0 Å². The molecule has 0 fully saturated rings. The third-order valence-electron chi connectivity index (χ3n) is 4.04. The Balaban J connectivity index is 1.79. The molecule has 0 unspecified atom stereocenters. The second kappa shape index (κ2) is 6.23. The molecule has 0 aliphatic carbocycles. The van der Waals surface area contributed by atoms with Crippen LogP contribution in [0.25, 0.3) is 11.0 Å². The smallest absolute Gasteiger partial charge is 0.328 e. The van der Waals surface area contributed by atoms with Crippen molar-refractivity contribution in [3.8, 4) is 0 Å². The summed E-state index contributed by atoms with van der Waals surface area (Å²) in [4.78, 5) is 12.0. The van der Waals surface area contributed by atoms with Crippen LogP contribution in [-0.4, -0.2) is 29.3 Å². The molecule has 0 aliphatic rings. The van der Waals surface area contributed by atoms with Crippen LogP contribution in [-0.2, 0) is 27.2 Å². The number of fused-ring (bicyclic) bond motifs is 1. The van der Waals surface area contributed by atoms with Gasteiger partial charge in [0.05, 0.1) is 11.0 Å². The Morgan fingerprint density at radius 3 is 2.74 bits per heavy atom. The van der Waals surface area contributed by atoms with Crippen LogP contribution >= 0.6 is 0 Å². The maximum atomic E-state index is 12.0.